The first-order chi connectivity index (χ1) is 14.4. The Morgan fingerprint density at radius 2 is 1.83 bits per heavy atom. The smallest absolute Gasteiger partial charge is 0.247 e. The summed E-state index contributed by atoms with van der Waals surface area (Å²) in [6.45, 7) is 0.430. The van der Waals surface area contributed by atoms with E-state index >= 15 is 0 Å². The van der Waals surface area contributed by atoms with Gasteiger partial charge in [0.05, 0.1) is 6.54 Å². The van der Waals surface area contributed by atoms with Crippen LogP contribution in [0.2, 0.25) is 0 Å². The van der Waals surface area contributed by atoms with Crippen molar-refractivity contribution in [2.24, 2.45) is 5.73 Å². The third-order valence-electron chi connectivity index (χ3n) is 5.15. The first-order valence-corrected chi connectivity index (χ1v) is 10.6. The van der Waals surface area contributed by atoms with Crippen molar-refractivity contribution in [2.45, 2.75) is 24.9 Å². The number of likely N-dealkylation sites (tertiary alicyclic amines) is 1. The van der Waals surface area contributed by atoms with Crippen molar-refractivity contribution in [3.05, 3.63) is 64.6 Å². The van der Waals surface area contributed by atoms with Gasteiger partial charge in [0.2, 0.25) is 17.7 Å². The number of amides is 3. The highest BCUT2D eigenvalue weighted by Gasteiger charge is 2.39. The number of benzene rings is 2. The van der Waals surface area contributed by atoms with E-state index in [1.165, 1.54) is 0 Å². The van der Waals surface area contributed by atoms with Crippen molar-refractivity contribution in [3.8, 4) is 0 Å². The SMILES string of the molecule is CN(CC(N)=O)C(C(=O)N1CCC[C@H]1C(=O)Nc1ccc(Br)cc1)c1ccccc1. The number of hydrogen-bond acceptors (Lipinski definition) is 4. The zero-order valence-corrected chi connectivity index (χ0v) is 18.3. The van der Waals surface area contributed by atoms with Gasteiger partial charge in [-0.1, -0.05) is 46.3 Å². The van der Waals surface area contributed by atoms with Crippen LogP contribution < -0.4 is 11.1 Å². The summed E-state index contributed by atoms with van der Waals surface area (Å²) >= 11 is 3.37. The second-order valence-electron chi connectivity index (χ2n) is 7.38. The molecule has 158 valence electrons. The fourth-order valence-corrected chi connectivity index (χ4v) is 4.04. The molecule has 3 N–H and O–H groups in total. The van der Waals surface area contributed by atoms with Crippen molar-refractivity contribution >= 4 is 39.3 Å². The molecule has 2 aromatic rings. The third kappa shape index (κ3) is 5.25. The van der Waals surface area contributed by atoms with Crippen molar-refractivity contribution in [1.29, 1.82) is 0 Å². The van der Waals surface area contributed by atoms with Crippen LogP contribution in [0.4, 0.5) is 5.69 Å². The maximum atomic E-state index is 13.5. The van der Waals surface area contributed by atoms with E-state index in [0.29, 0.717) is 18.7 Å². The van der Waals surface area contributed by atoms with Crippen molar-refractivity contribution < 1.29 is 14.4 Å². The van der Waals surface area contributed by atoms with Gasteiger partial charge in [-0.25, -0.2) is 0 Å². The lowest BCUT2D eigenvalue weighted by molar-refractivity contribution is -0.141. The number of hydrogen-bond donors (Lipinski definition) is 2. The number of nitrogens with zero attached hydrogens (tertiary/aromatic N) is 2. The molecule has 2 aromatic carbocycles. The minimum atomic E-state index is -0.695. The van der Waals surface area contributed by atoms with Gasteiger partial charge in [-0.15, -0.1) is 0 Å². The van der Waals surface area contributed by atoms with Crippen LogP contribution in [-0.2, 0) is 14.4 Å². The number of anilines is 1. The molecule has 1 fully saturated rings. The molecule has 2 atom stereocenters. The molecule has 30 heavy (non-hydrogen) atoms. The van der Waals surface area contributed by atoms with E-state index in [2.05, 4.69) is 21.2 Å². The van der Waals surface area contributed by atoms with E-state index in [9.17, 15) is 14.4 Å². The summed E-state index contributed by atoms with van der Waals surface area (Å²) in [6.07, 6.45) is 1.33. The summed E-state index contributed by atoms with van der Waals surface area (Å²) in [5.74, 6) is -0.942. The Morgan fingerprint density at radius 3 is 2.47 bits per heavy atom. The Bertz CT molecular complexity index is 904. The predicted molar refractivity (Wildman–Crippen MR) is 119 cm³/mol. The monoisotopic (exact) mass is 472 g/mol. The normalized spacial score (nSPS) is 17.0. The van der Waals surface area contributed by atoms with Gasteiger partial charge < -0.3 is 16.0 Å². The van der Waals surface area contributed by atoms with E-state index < -0.39 is 18.0 Å². The minimum Gasteiger partial charge on any atom is -0.369 e. The van der Waals surface area contributed by atoms with E-state index in [0.717, 1.165) is 16.5 Å². The van der Waals surface area contributed by atoms with Gasteiger partial charge in [-0.2, -0.15) is 0 Å². The maximum absolute atomic E-state index is 13.5. The number of carbonyl (C=O) groups excluding carboxylic acids is 3. The Hall–Kier alpha value is -2.71. The van der Waals surface area contributed by atoms with Crippen LogP contribution >= 0.6 is 15.9 Å². The molecule has 3 amide bonds. The topological polar surface area (TPSA) is 95.7 Å². The second kappa shape index (κ2) is 9.86. The molecule has 0 aliphatic carbocycles. The van der Waals surface area contributed by atoms with Gasteiger partial charge in [0.1, 0.15) is 12.1 Å². The first-order valence-electron chi connectivity index (χ1n) is 9.77. The molecule has 8 heteroatoms. The molecular formula is C22H25BrN4O3. The molecule has 3 rings (SSSR count). The van der Waals surface area contributed by atoms with E-state index in [1.807, 2.05) is 42.5 Å². The fourth-order valence-electron chi connectivity index (χ4n) is 3.78. The Labute approximate surface area is 184 Å². The van der Waals surface area contributed by atoms with Crippen LogP contribution in [0.15, 0.2) is 59.1 Å². The lowest BCUT2D eigenvalue weighted by atomic mass is 10.0. The molecule has 0 saturated carbocycles. The average molecular weight is 473 g/mol. The molecule has 0 spiro atoms. The van der Waals surface area contributed by atoms with Gasteiger partial charge in [-0.05, 0) is 49.7 Å². The summed E-state index contributed by atoms with van der Waals surface area (Å²) in [6, 6.07) is 15.3. The van der Waals surface area contributed by atoms with Crippen molar-refractivity contribution in [1.82, 2.24) is 9.80 Å². The predicted octanol–water partition coefficient (Wildman–Crippen LogP) is 2.54. The highest BCUT2D eigenvalue weighted by Crippen LogP contribution is 2.28. The fraction of sp³-hybridized carbons (Fsp3) is 0.318. The summed E-state index contributed by atoms with van der Waals surface area (Å²) in [5, 5.41) is 2.89. The summed E-state index contributed by atoms with van der Waals surface area (Å²) in [5.41, 5.74) is 6.79. The number of primary amides is 1. The van der Waals surface area contributed by atoms with Crippen LogP contribution in [0.5, 0.6) is 0 Å². The van der Waals surface area contributed by atoms with Gasteiger partial charge in [0.25, 0.3) is 0 Å². The number of rotatable bonds is 7. The average Bonchev–Trinajstić information content (AvgIpc) is 3.20. The lowest BCUT2D eigenvalue weighted by Crippen LogP contribution is -2.49. The largest absolute Gasteiger partial charge is 0.369 e. The van der Waals surface area contributed by atoms with E-state index in [4.69, 9.17) is 5.73 Å². The molecule has 7 nitrogen and oxygen atoms in total. The number of nitrogens with one attached hydrogen (secondary N) is 1. The van der Waals surface area contributed by atoms with Gasteiger partial charge in [0, 0.05) is 16.7 Å². The zero-order chi connectivity index (χ0) is 21.7. The quantitative estimate of drug-likeness (QED) is 0.646. The van der Waals surface area contributed by atoms with E-state index in [1.54, 1.807) is 29.0 Å². The maximum Gasteiger partial charge on any atom is 0.247 e. The van der Waals surface area contributed by atoms with Crippen LogP contribution in [0.25, 0.3) is 0 Å². The standard InChI is InChI=1S/C22H25BrN4O3/c1-26(14-19(24)28)20(15-6-3-2-4-7-15)22(30)27-13-5-8-18(27)21(29)25-17-11-9-16(23)10-12-17/h2-4,6-7,9-12,18,20H,5,8,13-14H2,1H3,(H2,24,28)(H,25,29)/t18-,20?/m0/s1. The van der Waals surface area contributed by atoms with Gasteiger partial charge >= 0.3 is 0 Å². The third-order valence-corrected chi connectivity index (χ3v) is 5.67. The van der Waals surface area contributed by atoms with Crippen LogP contribution in [0.3, 0.4) is 0 Å². The first kappa shape index (κ1) is 22.0. The van der Waals surface area contributed by atoms with Gasteiger partial charge in [-0.3, -0.25) is 19.3 Å². The molecule has 1 unspecified atom stereocenters. The zero-order valence-electron chi connectivity index (χ0n) is 16.8. The van der Waals surface area contributed by atoms with Crippen molar-refractivity contribution in [2.75, 3.05) is 25.5 Å². The lowest BCUT2D eigenvalue weighted by Gasteiger charge is -2.33. The summed E-state index contributed by atoms with van der Waals surface area (Å²) in [7, 11) is 1.69. The van der Waals surface area contributed by atoms with E-state index in [-0.39, 0.29) is 18.4 Å². The minimum absolute atomic E-state index is 0.0606. The molecule has 1 aliphatic rings. The number of halogens is 1. The highest BCUT2D eigenvalue weighted by molar-refractivity contribution is 9.10. The number of carbonyl (C=O) groups is 3. The van der Waals surface area contributed by atoms with Crippen LogP contribution in [0, 0.1) is 0 Å². The van der Waals surface area contributed by atoms with Crippen molar-refractivity contribution in [3.63, 3.8) is 0 Å². The molecule has 0 radical (unpaired) electrons. The molecule has 1 saturated heterocycles. The molecular weight excluding hydrogens is 448 g/mol. The second-order valence-corrected chi connectivity index (χ2v) is 8.30. The molecule has 1 aliphatic heterocycles. The highest BCUT2D eigenvalue weighted by atomic mass is 79.9. The number of nitrogens with two attached hydrogens (primary N) is 1. The van der Waals surface area contributed by atoms with Crippen LogP contribution in [0.1, 0.15) is 24.4 Å². The molecule has 0 aromatic heterocycles. The van der Waals surface area contributed by atoms with Crippen LogP contribution in [-0.4, -0.2) is 53.7 Å². The Kier molecular flexibility index (Phi) is 7.23. The van der Waals surface area contributed by atoms with Gasteiger partial charge in [0.15, 0.2) is 0 Å². The molecule has 0 bridgehead atoms. The Balaban J connectivity index is 1.81. The summed E-state index contributed by atoms with van der Waals surface area (Å²) in [4.78, 5) is 41.2. The number of likely N-dealkylation sites (N-methyl/N-ethyl adjacent to an activating group) is 1. The Morgan fingerprint density at radius 1 is 1.17 bits per heavy atom. The summed E-state index contributed by atoms with van der Waals surface area (Å²) < 4.78 is 0.918. The molecule has 1 heterocycles.